The van der Waals surface area contributed by atoms with Crippen molar-refractivity contribution in [1.82, 2.24) is 4.90 Å². The standard InChI is InChI=1S/C13H29NO2/c1-3-5-6-7-9-14(8-4-2)10-12-16-13-11-15/h15H,3-13H2,1-2H3. The molecule has 0 aromatic heterocycles. The fourth-order valence-electron chi connectivity index (χ4n) is 1.77. The second-order valence-electron chi connectivity index (χ2n) is 4.24. The first kappa shape index (κ1) is 15.9. The maximum atomic E-state index is 8.60. The molecule has 0 amide bonds. The first-order valence-electron chi connectivity index (χ1n) is 6.76. The molecule has 0 heterocycles. The number of aliphatic hydroxyl groups excluding tert-OH is 1. The average molecular weight is 231 g/mol. The van der Waals surface area contributed by atoms with Crippen molar-refractivity contribution in [3.63, 3.8) is 0 Å². The van der Waals surface area contributed by atoms with E-state index in [4.69, 9.17) is 9.84 Å². The Morgan fingerprint density at radius 2 is 1.69 bits per heavy atom. The predicted molar refractivity (Wildman–Crippen MR) is 68.8 cm³/mol. The Bertz CT molecular complexity index is 119. The van der Waals surface area contributed by atoms with Crippen LogP contribution in [0.5, 0.6) is 0 Å². The van der Waals surface area contributed by atoms with E-state index in [1.807, 2.05) is 0 Å². The summed E-state index contributed by atoms with van der Waals surface area (Å²) in [6, 6.07) is 0. The highest BCUT2D eigenvalue weighted by Crippen LogP contribution is 2.02. The van der Waals surface area contributed by atoms with Gasteiger partial charge in [-0.25, -0.2) is 0 Å². The van der Waals surface area contributed by atoms with Gasteiger partial charge in [0.15, 0.2) is 0 Å². The van der Waals surface area contributed by atoms with E-state index < -0.39 is 0 Å². The molecule has 0 aliphatic rings. The summed E-state index contributed by atoms with van der Waals surface area (Å²) in [5.41, 5.74) is 0. The third-order valence-corrected chi connectivity index (χ3v) is 2.66. The summed E-state index contributed by atoms with van der Waals surface area (Å²) in [6.07, 6.45) is 6.49. The maximum Gasteiger partial charge on any atom is 0.0698 e. The highest BCUT2D eigenvalue weighted by molar-refractivity contribution is 4.57. The van der Waals surface area contributed by atoms with Gasteiger partial charge in [0.05, 0.1) is 19.8 Å². The molecular formula is C13H29NO2. The van der Waals surface area contributed by atoms with Crippen molar-refractivity contribution in [1.29, 1.82) is 0 Å². The van der Waals surface area contributed by atoms with Gasteiger partial charge >= 0.3 is 0 Å². The van der Waals surface area contributed by atoms with Gasteiger partial charge in [-0.15, -0.1) is 0 Å². The van der Waals surface area contributed by atoms with Crippen LogP contribution < -0.4 is 0 Å². The van der Waals surface area contributed by atoms with E-state index in [0.29, 0.717) is 6.61 Å². The van der Waals surface area contributed by atoms with Crippen LogP contribution in [0.15, 0.2) is 0 Å². The number of unbranched alkanes of at least 4 members (excludes halogenated alkanes) is 3. The SMILES string of the molecule is CCCCCCN(CCC)CCOCCO. The van der Waals surface area contributed by atoms with Crippen LogP contribution in [0.4, 0.5) is 0 Å². The summed E-state index contributed by atoms with van der Waals surface area (Å²) >= 11 is 0. The molecule has 0 unspecified atom stereocenters. The molecule has 0 saturated heterocycles. The number of aliphatic hydroxyl groups is 1. The highest BCUT2D eigenvalue weighted by atomic mass is 16.5. The molecule has 3 heteroatoms. The molecular weight excluding hydrogens is 202 g/mol. The zero-order chi connectivity index (χ0) is 12.1. The number of ether oxygens (including phenoxy) is 1. The summed E-state index contributed by atoms with van der Waals surface area (Å²) in [5.74, 6) is 0. The molecule has 0 aromatic rings. The summed E-state index contributed by atoms with van der Waals surface area (Å²) in [6.45, 7) is 9.15. The molecule has 0 aliphatic heterocycles. The van der Waals surface area contributed by atoms with Crippen molar-refractivity contribution in [3.8, 4) is 0 Å². The van der Waals surface area contributed by atoms with Crippen molar-refractivity contribution in [2.24, 2.45) is 0 Å². The molecule has 0 bridgehead atoms. The van der Waals surface area contributed by atoms with Gasteiger partial charge in [0, 0.05) is 6.54 Å². The third kappa shape index (κ3) is 10.4. The summed E-state index contributed by atoms with van der Waals surface area (Å²) < 4.78 is 5.30. The van der Waals surface area contributed by atoms with Crippen LogP contribution in [0.1, 0.15) is 46.0 Å². The minimum atomic E-state index is 0.129. The van der Waals surface area contributed by atoms with Gasteiger partial charge in [-0.05, 0) is 25.9 Å². The zero-order valence-electron chi connectivity index (χ0n) is 11.1. The van der Waals surface area contributed by atoms with Gasteiger partial charge < -0.3 is 14.7 Å². The van der Waals surface area contributed by atoms with E-state index in [2.05, 4.69) is 18.7 Å². The molecule has 3 nitrogen and oxygen atoms in total. The lowest BCUT2D eigenvalue weighted by Crippen LogP contribution is -2.29. The van der Waals surface area contributed by atoms with E-state index in [9.17, 15) is 0 Å². The number of hydrogen-bond acceptors (Lipinski definition) is 3. The van der Waals surface area contributed by atoms with Crippen LogP contribution in [0, 0.1) is 0 Å². The van der Waals surface area contributed by atoms with E-state index in [1.165, 1.54) is 38.6 Å². The Morgan fingerprint density at radius 3 is 2.31 bits per heavy atom. The van der Waals surface area contributed by atoms with Crippen LogP contribution >= 0.6 is 0 Å². The fraction of sp³-hybridized carbons (Fsp3) is 1.00. The first-order chi connectivity index (χ1) is 7.85. The third-order valence-electron chi connectivity index (χ3n) is 2.66. The van der Waals surface area contributed by atoms with Gasteiger partial charge in [-0.3, -0.25) is 0 Å². The van der Waals surface area contributed by atoms with E-state index in [0.717, 1.165) is 19.7 Å². The van der Waals surface area contributed by atoms with Crippen molar-refractivity contribution >= 4 is 0 Å². The van der Waals surface area contributed by atoms with Gasteiger partial charge in [0.25, 0.3) is 0 Å². The lowest BCUT2D eigenvalue weighted by molar-refractivity contribution is 0.0732. The topological polar surface area (TPSA) is 32.7 Å². The van der Waals surface area contributed by atoms with Crippen LogP contribution in [0.3, 0.4) is 0 Å². The highest BCUT2D eigenvalue weighted by Gasteiger charge is 2.02. The molecule has 0 fully saturated rings. The van der Waals surface area contributed by atoms with Crippen LogP contribution in [0.25, 0.3) is 0 Å². The molecule has 98 valence electrons. The molecule has 16 heavy (non-hydrogen) atoms. The van der Waals surface area contributed by atoms with Crippen LogP contribution in [-0.4, -0.2) is 49.5 Å². The summed E-state index contributed by atoms with van der Waals surface area (Å²) in [4.78, 5) is 2.47. The number of hydrogen-bond donors (Lipinski definition) is 1. The Kier molecular flexibility index (Phi) is 12.9. The smallest absolute Gasteiger partial charge is 0.0698 e. The Morgan fingerprint density at radius 1 is 0.875 bits per heavy atom. The van der Waals surface area contributed by atoms with Gasteiger partial charge in [-0.1, -0.05) is 33.1 Å². The molecule has 0 spiro atoms. The summed E-state index contributed by atoms with van der Waals surface area (Å²) in [7, 11) is 0. The van der Waals surface area contributed by atoms with Crippen molar-refractivity contribution < 1.29 is 9.84 Å². The van der Waals surface area contributed by atoms with E-state index >= 15 is 0 Å². The van der Waals surface area contributed by atoms with Gasteiger partial charge in [0.2, 0.25) is 0 Å². The minimum absolute atomic E-state index is 0.129. The lowest BCUT2D eigenvalue weighted by Gasteiger charge is -2.21. The first-order valence-corrected chi connectivity index (χ1v) is 6.76. The second-order valence-corrected chi connectivity index (χ2v) is 4.24. The van der Waals surface area contributed by atoms with Gasteiger partial charge in [0.1, 0.15) is 0 Å². The van der Waals surface area contributed by atoms with Crippen LogP contribution in [-0.2, 0) is 4.74 Å². The average Bonchev–Trinajstić information content (AvgIpc) is 2.30. The monoisotopic (exact) mass is 231 g/mol. The Hall–Kier alpha value is -0.120. The molecule has 0 rings (SSSR count). The maximum absolute atomic E-state index is 8.60. The van der Waals surface area contributed by atoms with Gasteiger partial charge in [-0.2, -0.15) is 0 Å². The molecule has 1 N–H and O–H groups in total. The predicted octanol–water partition coefficient (Wildman–Crippen LogP) is 2.29. The normalized spacial score (nSPS) is 11.2. The molecule has 0 saturated carbocycles. The molecule has 0 atom stereocenters. The van der Waals surface area contributed by atoms with Crippen molar-refractivity contribution in [3.05, 3.63) is 0 Å². The van der Waals surface area contributed by atoms with Crippen molar-refractivity contribution in [2.75, 3.05) is 39.5 Å². The molecule has 0 radical (unpaired) electrons. The molecule has 0 aliphatic carbocycles. The largest absolute Gasteiger partial charge is 0.394 e. The van der Waals surface area contributed by atoms with E-state index in [1.54, 1.807) is 0 Å². The minimum Gasteiger partial charge on any atom is -0.394 e. The van der Waals surface area contributed by atoms with E-state index in [-0.39, 0.29) is 6.61 Å². The fourth-order valence-corrected chi connectivity index (χ4v) is 1.77. The summed E-state index contributed by atoms with van der Waals surface area (Å²) in [5, 5.41) is 8.60. The number of rotatable bonds is 12. The van der Waals surface area contributed by atoms with Crippen molar-refractivity contribution in [2.45, 2.75) is 46.0 Å². The Labute approximate surface area is 101 Å². The Balaban J connectivity index is 3.45. The number of nitrogens with zero attached hydrogens (tertiary/aromatic N) is 1. The molecule has 0 aromatic carbocycles. The van der Waals surface area contributed by atoms with Crippen LogP contribution in [0.2, 0.25) is 0 Å². The zero-order valence-corrected chi connectivity index (χ0v) is 11.1. The lowest BCUT2D eigenvalue weighted by atomic mass is 10.2. The quantitative estimate of drug-likeness (QED) is 0.523. The second kappa shape index (κ2) is 12.9.